The number of aliphatic imine (C=N–C) groups is 1. The molecule has 0 aliphatic heterocycles. The standard InChI is InChI=1S/C18H20INO2/c1-5-22-17-10-14(9-15(19)18(17)21-4)11-20-16-8-6-7-12(2)13(16)3/h6-11H,5H2,1-4H3. The maximum absolute atomic E-state index is 5.65. The highest BCUT2D eigenvalue weighted by molar-refractivity contribution is 14.1. The Hall–Kier alpha value is -1.56. The van der Waals surface area contributed by atoms with E-state index in [1.807, 2.05) is 37.4 Å². The van der Waals surface area contributed by atoms with Crippen LogP contribution in [0.4, 0.5) is 5.69 Å². The van der Waals surface area contributed by atoms with Gasteiger partial charge in [0.2, 0.25) is 0 Å². The fourth-order valence-corrected chi connectivity index (χ4v) is 2.99. The van der Waals surface area contributed by atoms with Crippen molar-refractivity contribution in [3.8, 4) is 11.5 Å². The molecule has 0 heterocycles. The van der Waals surface area contributed by atoms with Crippen LogP contribution in [-0.4, -0.2) is 19.9 Å². The lowest BCUT2D eigenvalue weighted by Crippen LogP contribution is -1.98. The Morgan fingerprint density at radius 2 is 2.00 bits per heavy atom. The summed E-state index contributed by atoms with van der Waals surface area (Å²) in [4.78, 5) is 4.61. The predicted molar refractivity (Wildman–Crippen MR) is 100 cm³/mol. The summed E-state index contributed by atoms with van der Waals surface area (Å²) in [5.74, 6) is 1.52. The molecule has 0 aliphatic rings. The van der Waals surface area contributed by atoms with Crippen molar-refractivity contribution in [1.82, 2.24) is 0 Å². The molecule has 3 nitrogen and oxygen atoms in total. The summed E-state index contributed by atoms with van der Waals surface area (Å²) in [5, 5.41) is 0. The van der Waals surface area contributed by atoms with E-state index in [2.05, 4.69) is 47.5 Å². The Morgan fingerprint density at radius 3 is 2.68 bits per heavy atom. The average molecular weight is 409 g/mol. The molecular weight excluding hydrogens is 389 g/mol. The normalized spacial score (nSPS) is 11.0. The lowest BCUT2D eigenvalue weighted by Gasteiger charge is -2.12. The van der Waals surface area contributed by atoms with E-state index in [1.165, 1.54) is 11.1 Å². The van der Waals surface area contributed by atoms with Crippen molar-refractivity contribution in [2.75, 3.05) is 13.7 Å². The zero-order valence-corrected chi connectivity index (χ0v) is 15.5. The Kier molecular flexibility index (Phi) is 5.83. The monoisotopic (exact) mass is 409 g/mol. The molecule has 116 valence electrons. The van der Waals surface area contributed by atoms with Crippen LogP contribution in [0.3, 0.4) is 0 Å². The van der Waals surface area contributed by atoms with Gasteiger partial charge in [0.25, 0.3) is 0 Å². The molecule has 0 radical (unpaired) electrons. The van der Waals surface area contributed by atoms with E-state index in [9.17, 15) is 0 Å². The summed E-state index contributed by atoms with van der Waals surface area (Å²) in [6, 6.07) is 10.1. The number of methoxy groups -OCH3 is 1. The fraction of sp³-hybridized carbons (Fsp3) is 0.278. The molecule has 0 spiro atoms. The second-order valence-electron chi connectivity index (χ2n) is 4.94. The predicted octanol–water partition coefficient (Wildman–Crippen LogP) is 5.07. The van der Waals surface area contributed by atoms with E-state index in [1.54, 1.807) is 7.11 Å². The highest BCUT2D eigenvalue weighted by Crippen LogP contribution is 2.33. The van der Waals surface area contributed by atoms with E-state index >= 15 is 0 Å². The summed E-state index contributed by atoms with van der Waals surface area (Å²) in [7, 11) is 1.66. The van der Waals surface area contributed by atoms with Gasteiger partial charge in [-0.2, -0.15) is 0 Å². The second kappa shape index (κ2) is 7.63. The van der Waals surface area contributed by atoms with Gasteiger partial charge in [0, 0.05) is 6.21 Å². The summed E-state index contributed by atoms with van der Waals surface area (Å²) in [6.45, 7) is 6.75. The third-order valence-corrected chi connectivity index (χ3v) is 4.27. The third-order valence-electron chi connectivity index (χ3n) is 3.46. The van der Waals surface area contributed by atoms with Gasteiger partial charge in [0.05, 0.1) is 23.0 Å². The van der Waals surface area contributed by atoms with Gasteiger partial charge in [-0.25, -0.2) is 0 Å². The first-order valence-electron chi connectivity index (χ1n) is 7.17. The molecule has 0 aromatic heterocycles. The summed E-state index contributed by atoms with van der Waals surface area (Å²) in [5.41, 5.74) is 4.43. The van der Waals surface area contributed by atoms with Crippen LogP contribution in [0, 0.1) is 17.4 Å². The first-order chi connectivity index (χ1) is 10.6. The van der Waals surface area contributed by atoms with Gasteiger partial charge in [0.15, 0.2) is 11.5 Å². The van der Waals surface area contributed by atoms with Crippen LogP contribution in [0.2, 0.25) is 0 Å². The van der Waals surface area contributed by atoms with Gasteiger partial charge in [-0.3, -0.25) is 4.99 Å². The van der Waals surface area contributed by atoms with Crippen molar-refractivity contribution in [2.24, 2.45) is 4.99 Å². The third kappa shape index (κ3) is 3.80. The topological polar surface area (TPSA) is 30.8 Å². The van der Waals surface area contributed by atoms with Crippen molar-refractivity contribution in [3.05, 3.63) is 50.6 Å². The molecule has 0 aliphatic carbocycles. The number of nitrogens with zero attached hydrogens (tertiary/aromatic N) is 1. The van der Waals surface area contributed by atoms with E-state index in [0.717, 1.165) is 26.3 Å². The number of halogens is 1. The molecular formula is C18H20INO2. The van der Waals surface area contributed by atoms with Crippen molar-refractivity contribution in [1.29, 1.82) is 0 Å². The number of hydrogen-bond donors (Lipinski definition) is 0. The minimum atomic E-state index is 0.601. The lowest BCUT2D eigenvalue weighted by atomic mass is 10.1. The number of hydrogen-bond acceptors (Lipinski definition) is 3. The minimum absolute atomic E-state index is 0.601. The summed E-state index contributed by atoms with van der Waals surface area (Å²) >= 11 is 2.25. The Labute approximate surface area is 145 Å². The Morgan fingerprint density at radius 1 is 1.23 bits per heavy atom. The molecule has 2 aromatic carbocycles. The van der Waals surface area contributed by atoms with E-state index in [-0.39, 0.29) is 0 Å². The first-order valence-corrected chi connectivity index (χ1v) is 8.25. The highest BCUT2D eigenvalue weighted by Gasteiger charge is 2.10. The molecule has 2 aromatic rings. The highest BCUT2D eigenvalue weighted by atomic mass is 127. The van der Waals surface area contributed by atoms with Gasteiger partial charge >= 0.3 is 0 Å². The van der Waals surface area contributed by atoms with Crippen LogP contribution in [0.25, 0.3) is 0 Å². The molecule has 0 saturated carbocycles. The van der Waals surface area contributed by atoms with Crippen LogP contribution < -0.4 is 9.47 Å². The van der Waals surface area contributed by atoms with Crippen molar-refractivity contribution in [3.63, 3.8) is 0 Å². The molecule has 0 atom stereocenters. The molecule has 0 bridgehead atoms. The summed E-state index contributed by atoms with van der Waals surface area (Å²) in [6.07, 6.45) is 1.87. The molecule has 0 N–H and O–H groups in total. The van der Waals surface area contributed by atoms with Crippen LogP contribution in [0.5, 0.6) is 11.5 Å². The Balaban J connectivity index is 2.37. The number of benzene rings is 2. The number of ether oxygens (including phenoxy) is 2. The van der Waals surface area contributed by atoms with Crippen LogP contribution in [0.15, 0.2) is 35.3 Å². The fourth-order valence-electron chi connectivity index (χ4n) is 2.14. The first kappa shape index (κ1) is 16.8. The molecule has 0 fully saturated rings. The zero-order chi connectivity index (χ0) is 16.1. The van der Waals surface area contributed by atoms with Crippen LogP contribution >= 0.6 is 22.6 Å². The largest absolute Gasteiger partial charge is 0.492 e. The lowest BCUT2D eigenvalue weighted by molar-refractivity contribution is 0.309. The van der Waals surface area contributed by atoms with E-state index < -0.39 is 0 Å². The molecule has 22 heavy (non-hydrogen) atoms. The minimum Gasteiger partial charge on any atom is -0.492 e. The molecule has 4 heteroatoms. The van der Waals surface area contributed by atoms with E-state index in [0.29, 0.717) is 6.61 Å². The van der Waals surface area contributed by atoms with Gasteiger partial charge in [-0.05, 0) is 78.3 Å². The van der Waals surface area contributed by atoms with Crippen molar-refractivity contribution < 1.29 is 9.47 Å². The zero-order valence-electron chi connectivity index (χ0n) is 13.3. The van der Waals surface area contributed by atoms with Crippen LogP contribution in [0.1, 0.15) is 23.6 Å². The number of rotatable bonds is 5. The second-order valence-corrected chi connectivity index (χ2v) is 6.11. The van der Waals surface area contributed by atoms with Crippen LogP contribution in [-0.2, 0) is 0 Å². The SMILES string of the molecule is CCOc1cc(C=Nc2cccc(C)c2C)cc(I)c1OC. The smallest absolute Gasteiger partial charge is 0.174 e. The van der Waals surface area contributed by atoms with Gasteiger partial charge in [-0.1, -0.05) is 12.1 Å². The quantitative estimate of drug-likeness (QED) is 0.510. The maximum Gasteiger partial charge on any atom is 0.174 e. The molecule has 2 rings (SSSR count). The molecule has 0 amide bonds. The molecule has 0 saturated heterocycles. The maximum atomic E-state index is 5.65. The van der Waals surface area contributed by atoms with Crippen molar-refractivity contribution in [2.45, 2.75) is 20.8 Å². The van der Waals surface area contributed by atoms with Gasteiger partial charge in [0.1, 0.15) is 0 Å². The molecule has 0 unspecified atom stereocenters. The summed E-state index contributed by atoms with van der Waals surface area (Å²) < 4.78 is 12.1. The van der Waals surface area contributed by atoms with E-state index in [4.69, 9.17) is 9.47 Å². The van der Waals surface area contributed by atoms with Gasteiger partial charge < -0.3 is 9.47 Å². The Bertz CT molecular complexity index is 696. The average Bonchev–Trinajstić information content (AvgIpc) is 2.49. The number of aryl methyl sites for hydroxylation is 1. The van der Waals surface area contributed by atoms with Crippen molar-refractivity contribution >= 4 is 34.5 Å². The van der Waals surface area contributed by atoms with Gasteiger partial charge in [-0.15, -0.1) is 0 Å².